The molecule has 3 rings (SSSR count). The monoisotopic (exact) mass is 547 g/mol. The Morgan fingerprint density at radius 3 is 2.14 bits per heavy atom. The highest BCUT2D eigenvalue weighted by Gasteiger charge is 2.56. The number of ether oxygens (including phenoxy) is 2. The number of methoxy groups -OCH3 is 1. The fourth-order valence-electron chi connectivity index (χ4n) is 4.70. The van der Waals surface area contributed by atoms with E-state index in [9.17, 15) is 13.2 Å². The minimum Gasteiger partial charge on any atom is -0.496 e. The first-order valence-corrected chi connectivity index (χ1v) is 14.1. The third-order valence-corrected chi connectivity index (χ3v) is 8.81. The first-order valence-electron chi connectivity index (χ1n) is 12.3. The summed E-state index contributed by atoms with van der Waals surface area (Å²) in [4.78, 5) is 12.9. The lowest BCUT2D eigenvalue weighted by Gasteiger charge is -2.35. The van der Waals surface area contributed by atoms with E-state index in [1.807, 2.05) is 30.3 Å². The number of halogens is 1. The van der Waals surface area contributed by atoms with E-state index < -0.39 is 27.3 Å². The van der Waals surface area contributed by atoms with Gasteiger partial charge in [0.1, 0.15) is 11.4 Å². The summed E-state index contributed by atoms with van der Waals surface area (Å²) in [5, 5.41) is 0.638. The van der Waals surface area contributed by atoms with Crippen LogP contribution in [0.5, 0.6) is 5.75 Å². The molecule has 2 aromatic carbocycles. The second-order valence-electron chi connectivity index (χ2n) is 12.1. The summed E-state index contributed by atoms with van der Waals surface area (Å²) < 4.78 is 38.8. The van der Waals surface area contributed by atoms with Gasteiger partial charge in [-0.05, 0) is 94.7 Å². The molecule has 37 heavy (non-hydrogen) atoms. The molecule has 0 aromatic heterocycles. The fraction of sp³-hybridized carbons (Fsp3) is 0.483. The molecule has 0 aliphatic heterocycles. The van der Waals surface area contributed by atoms with Crippen molar-refractivity contribution in [2.45, 2.75) is 77.3 Å². The molecule has 202 valence electrons. The smallest absolute Gasteiger partial charge is 0.424 e. The van der Waals surface area contributed by atoms with Gasteiger partial charge in [0.2, 0.25) is 0 Å². The number of hydrogen-bond donors (Lipinski definition) is 0. The van der Waals surface area contributed by atoms with Crippen molar-refractivity contribution in [2.75, 3.05) is 7.11 Å². The number of sulfonamides is 1. The number of amides is 1. The van der Waals surface area contributed by atoms with Crippen molar-refractivity contribution < 1.29 is 22.7 Å². The topological polar surface area (TPSA) is 72.9 Å². The van der Waals surface area contributed by atoms with Crippen LogP contribution in [0.1, 0.15) is 72.4 Å². The Morgan fingerprint density at radius 1 is 1.03 bits per heavy atom. The van der Waals surface area contributed by atoms with Gasteiger partial charge in [-0.2, -0.15) is 4.31 Å². The third-order valence-electron chi connectivity index (χ3n) is 6.53. The van der Waals surface area contributed by atoms with Crippen molar-refractivity contribution in [1.29, 1.82) is 0 Å². The van der Waals surface area contributed by atoms with Gasteiger partial charge in [0.05, 0.1) is 17.5 Å². The van der Waals surface area contributed by atoms with Gasteiger partial charge in [-0.3, -0.25) is 0 Å². The minimum absolute atomic E-state index is 0.00331. The van der Waals surface area contributed by atoms with Crippen LogP contribution in [0.4, 0.5) is 4.79 Å². The van der Waals surface area contributed by atoms with E-state index >= 15 is 0 Å². The lowest BCUT2D eigenvalue weighted by Crippen LogP contribution is -2.51. The largest absolute Gasteiger partial charge is 0.496 e. The van der Waals surface area contributed by atoms with E-state index in [1.165, 1.54) is 0 Å². The Kier molecular flexibility index (Phi) is 7.84. The maximum atomic E-state index is 13.5. The lowest BCUT2D eigenvalue weighted by atomic mass is 10.0. The van der Waals surface area contributed by atoms with E-state index in [4.69, 9.17) is 21.1 Å². The van der Waals surface area contributed by atoms with Crippen LogP contribution < -0.4 is 4.74 Å². The molecule has 2 aromatic rings. The molecule has 0 spiro atoms. The summed E-state index contributed by atoms with van der Waals surface area (Å²) in [6.07, 6.45) is 3.29. The number of carbonyl (C=O) groups excluding carboxylic acids is 1. The predicted molar refractivity (Wildman–Crippen MR) is 149 cm³/mol. The van der Waals surface area contributed by atoms with Crippen LogP contribution in [0.3, 0.4) is 0 Å². The van der Waals surface area contributed by atoms with Crippen LogP contribution in [-0.2, 0) is 14.8 Å². The van der Waals surface area contributed by atoms with Crippen LogP contribution >= 0.6 is 11.6 Å². The highest BCUT2D eigenvalue weighted by atomic mass is 35.5. The second-order valence-corrected chi connectivity index (χ2v) is 14.3. The first kappa shape index (κ1) is 29.1. The average Bonchev–Trinajstić information content (AvgIpc) is 3.29. The second kappa shape index (κ2) is 9.99. The molecule has 0 N–H and O–H groups in total. The number of benzene rings is 2. The molecule has 1 aliphatic carbocycles. The standard InChI is InChI=1S/C29H38ClNO5S/c1-27(2,3)31(26(32)36-28(4,5)6)37(33,34)22-14-10-19(11-15-22)25-23(29(25,7)8)16-12-20-18-21(30)13-17-24(20)35-9/h10-18,23,25H,1-9H3/t23-,25-/m0/s1. The maximum absolute atomic E-state index is 13.5. The van der Waals surface area contributed by atoms with Gasteiger partial charge in [-0.25, -0.2) is 13.2 Å². The van der Waals surface area contributed by atoms with Crippen molar-refractivity contribution in [3.05, 3.63) is 64.7 Å². The number of hydrogen-bond acceptors (Lipinski definition) is 5. The molecule has 0 heterocycles. The Labute approximate surface area is 226 Å². The molecule has 1 saturated carbocycles. The molecule has 2 atom stereocenters. The maximum Gasteiger partial charge on any atom is 0.424 e. The Hall–Kier alpha value is -2.51. The molecular weight excluding hydrogens is 510 g/mol. The molecule has 1 aliphatic rings. The summed E-state index contributed by atoms with van der Waals surface area (Å²) in [5.74, 6) is 1.22. The van der Waals surface area contributed by atoms with Gasteiger partial charge in [0, 0.05) is 10.6 Å². The van der Waals surface area contributed by atoms with Crippen molar-refractivity contribution in [2.24, 2.45) is 11.3 Å². The number of allylic oxidation sites excluding steroid dienone is 1. The van der Waals surface area contributed by atoms with Gasteiger partial charge < -0.3 is 9.47 Å². The van der Waals surface area contributed by atoms with Gasteiger partial charge >= 0.3 is 6.09 Å². The number of carbonyl (C=O) groups is 1. The molecule has 0 bridgehead atoms. The molecular formula is C29H38ClNO5S. The Balaban J connectivity index is 1.86. The summed E-state index contributed by atoms with van der Waals surface area (Å²) in [7, 11) is -2.51. The van der Waals surface area contributed by atoms with Gasteiger partial charge in [0.15, 0.2) is 0 Å². The zero-order valence-corrected chi connectivity index (χ0v) is 24.7. The third kappa shape index (κ3) is 6.32. The summed E-state index contributed by atoms with van der Waals surface area (Å²) in [5.41, 5.74) is 0.111. The quantitative estimate of drug-likeness (QED) is 0.374. The van der Waals surface area contributed by atoms with Crippen molar-refractivity contribution in [3.8, 4) is 5.75 Å². The highest BCUT2D eigenvalue weighted by molar-refractivity contribution is 7.89. The van der Waals surface area contributed by atoms with Crippen LogP contribution in [0.2, 0.25) is 5.02 Å². The van der Waals surface area contributed by atoms with Crippen molar-refractivity contribution in [3.63, 3.8) is 0 Å². The first-order chi connectivity index (χ1) is 16.9. The van der Waals surface area contributed by atoms with Gasteiger partial charge in [-0.15, -0.1) is 0 Å². The van der Waals surface area contributed by atoms with Crippen molar-refractivity contribution in [1.82, 2.24) is 4.31 Å². The van der Waals surface area contributed by atoms with Crippen LogP contribution in [0.15, 0.2) is 53.4 Å². The van der Waals surface area contributed by atoms with Crippen LogP contribution in [0.25, 0.3) is 6.08 Å². The van der Waals surface area contributed by atoms with E-state index in [2.05, 4.69) is 19.9 Å². The minimum atomic E-state index is -4.13. The molecule has 6 nitrogen and oxygen atoms in total. The van der Waals surface area contributed by atoms with E-state index in [1.54, 1.807) is 66.9 Å². The normalized spacial score (nSPS) is 19.5. The fourth-order valence-corrected chi connectivity index (χ4v) is 6.53. The Bertz CT molecular complexity index is 1290. The van der Waals surface area contributed by atoms with Gasteiger partial charge in [-0.1, -0.05) is 49.7 Å². The summed E-state index contributed by atoms with van der Waals surface area (Å²) >= 11 is 6.17. The van der Waals surface area contributed by atoms with E-state index in [0.717, 1.165) is 21.2 Å². The van der Waals surface area contributed by atoms with Crippen molar-refractivity contribution >= 4 is 33.8 Å². The molecule has 0 saturated heterocycles. The number of rotatable bonds is 6. The van der Waals surface area contributed by atoms with E-state index in [0.29, 0.717) is 5.02 Å². The molecule has 0 unspecified atom stereocenters. The van der Waals surface area contributed by atoms with Gasteiger partial charge in [0.25, 0.3) is 10.0 Å². The van der Waals surface area contributed by atoms with E-state index in [-0.39, 0.29) is 22.1 Å². The van der Waals surface area contributed by atoms with Crippen LogP contribution in [0, 0.1) is 11.3 Å². The average molecular weight is 548 g/mol. The molecule has 8 heteroatoms. The predicted octanol–water partition coefficient (Wildman–Crippen LogP) is 7.53. The highest BCUT2D eigenvalue weighted by Crippen LogP contribution is 2.65. The zero-order valence-electron chi connectivity index (χ0n) is 23.1. The number of nitrogens with zero attached hydrogens (tertiary/aromatic N) is 1. The summed E-state index contributed by atoms with van der Waals surface area (Å²) in [6.45, 7) is 14.5. The lowest BCUT2D eigenvalue weighted by molar-refractivity contribution is 0.0282. The molecule has 0 radical (unpaired) electrons. The zero-order chi connectivity index (χ0) is 28.0. The Morgan fingerprint density at radius 2 is 1.62 bits per heavy atom. The molecule has 1 fully saturated rings. The van der Waals surface area contributed by atoms with Crippen LogP contribution in [-0.4, -0.2) is 37.1 Å². The molecule has 1 amide bonds. The SMILES string of the molecule is COc1ccc(Cl)cc1C=C[C@H]1[C@H](c2ccc(S(=O)(=O)N(C(=O)OC(C)(C)C)C(C)(C)C)cc2)C1(C)C. The summed E-state index contributed by atoms with van der Waals surface area (Å²) in [6, 6.07) is 12.3.